The second kappa shape index (κ2) is 12.2. The van der Waals surface area contributed by atoms with Gasteiger partial charge in [-0.15, -0.1) is 0 Å². The highest BCUT2D eigenvalue weighted by Gasteiger charge is 2.39. The first-order valence-corrected chi connectivity index (χ1v) is 15.2. The average molecular weight is 582 g/mol. The zero-order valence-electron chi connectivity index (χ0n) is 24.9. The van der Waals surface area contributed by atoms with Crippen LogP contribution >= 0.6 is 0 Å². The van der Waals surface area contributed by atoms with Crippen LogP contribution in [0.25, 0.3) is 11.0 Å². The van der Waals surface area contributed by atoms with Gasteiger partial charge in [0.15, 0.2) is 5.52 Å². The van der Waals surface area contributed by atoms with Crippen molar-refractivity contribution in [2.24, 2.45) is 5.92 Å². The lowest BCUT2D eigenvalue weighted by Gasteiger charge is -2.41. The van der Waals surface area contributed by atoms with Crippen LogP contribution in [-0.4, -0.2) is 63.3 Å². The van der Waals surface area contributed by atoms with Crippen molar-refractivity contribution < 1.29 is 14.6 Å². The van der Waals surface area contributed by atoms with Gasteiger partial charge in [0.2, 0.25) is 5.91 Å². The highest BCUT2D eigenvalue weighted by atomic mass is 16.5. The van der Waals surface area contributed by atoms with E-state index in [1.54, 1.807) is 13.2 Å². The van der Waals surface area contributed by atoms with Crippen LogP contribution in [0, 0.1) is 5.92 Å². The Hall–Kier alpha value is -4.24. The summed E-state index contributed by atoms with van der Waals surface area (Å²) in [5.74, 6) is 1.78. The standard InChI is InChI=1S/C34H39N5O4/c1-37(25-12-14-26(43-2)15-13-25)30-17-16-29-31(36-30)33(41)39(23-35-29)22-34(42)18-20-38(21-19-34)32(40)28-11-7-6-10-27(28)24-8-4-3-5-9-24/h3-5,8-9,12-17,23,27-28,42H,6-7,10-11,18-22H2,1-2H3/t27-,28+/m1/s1. The maximum atomic E-state index is 13.7. The molecule has 1 amide bonds. The van der Waals surface area contributed by atoms with E-state index in [0.29, 0.717) is 37.3 Å². The van der Waals surface area contributed by atoms with Crippen molar-refractivity contribution in [2.45, 2.75) is 56.6 Å². The minimum absolute atomic E-state index is 0.0223. The third-order valence-electron chi connectivity index (χ3n) is 9.24. The van der Waals surface area contributed by atoms with Crippen LogP contribution in [0.4, 0.5) is 11.5 Å². The van der Waals surface area contributed by atoms with E-state index < -0.39 is 5.60 Å². The van der Waals surface area contributed by atoms with Crippen molar-refractivity contribution in [2.75, 3.05) is 32.1 Å². The Morgan fingerprint density at radius 3 is 2.47 bits per heavy atom. The number of aliphatic hydroxyl groups is 1. The van der Waals surface area contributed by atoms with Crippen LogP contribution in [-0.2, 0) is 11.3 Å². The molecule has 2 aliphatic rings. The minimum Gasteiger partial charge on any atom is -0.497 e. The molecule has 2 atom stereocenters. The smallest absolute Gasteiger partial charge is 0.280 e. The molecule has 2 aromatic carbocycles. The van der Waals surface area contributed by atoms with Crippen molar-refractivity contribution in [1.82, 2.24) is 19.4 Å². The predicted molar refractivity (Wildman–Crippen MR) is 167 cm³/mol. The van der Waals surface area contributed by atoms with Crippen molar-refractivity contribution in [3.8, 4) is 5.75 Å². The van der Waals surface area contributed by atoms with Gasteiger partial charge in [-0.25, -0.2) is 9.97 Å². The lowest BCUT2D eigenvalue weighted by atomic mass is 9.74. The van der Waals surface area contributed by atoms with Crippen LogP contribution in [0.1, 0.15) is 50.0 Å². The third-order valence-corrected chi connectivity index (χ3v) is 9.24. The van der Waals surface area contributed by atoms with E-state index in [4.69, 9.17) is 4.74 Å². The molecule has 4 aromatic rings. The van der Waals surface area contributed by atoms with Crippen LogP contribution in [0.3, 0.4) is 0 Å². The van der Waals surface area contributed by atoms with Crippen molar-refractivity contribution in [3.05, 3.63) is 89.0 Å². The number of ether oxygens (including phenoxy) is 1. The molecule has 3 heterocycles. The third kappa shape index (κ3) is 5.99. The molecule has 6 rings (SSSR count). The molecule has 2 aromatic heterocycles. The Morgan fingerprint density at radius 1 is 1.02 bits per heavy atom. The highest BCUT2D eigenvalue weighted by Crippen LogP contribution is 2.39. The fraction of sp³-hybridized carbons (Fsp3) is 0.412. The first-order chi connectivity index (χ1) is 20.8. The van der Waals surface area contributed by atoms with Gasteiger partial charge in [0.1, 0.15) is 11.6 Å². The number of fused-ring (bicyclic) bond motifs is 1. The number of hydrogen-bond acceptors (Lipinski definition) is 7. The van der Waals surface area contributed by atoms with E-state index in [0.717, 1.165) is 37.1 Å². The molecule has 9 nitrogen and oxygen atoms in total. The number of piperidine rings is 1. The molecule has 1 aliphatic heterocycles. The highest BCUT2D eigenvalue weighted by molar-refractivity contribution is 5.80. The van der Waals surface area contributed by atoms with E-state index in [1.807, 2.05) is 65.4 Å². The number of carbonyl (C=O) groups is 1. The predicted octanol–water partition coefficient (Wildman–Crippen LogP) is 4.90. The monoisotopic (exact) mass is 581 g/mol. The number of likely N-dealkylation sites (tertiary alicyclic amines) is 1. The summed E-state index contributed by atoms with van der Waals surface area (Å²) in [6, 6.07) is 21.6. The number of amides is 1. The van der Waals surface area contributed by atoms with Crippen molar-refractivity contribution in [3.63, 3.8) is 0 Å². The molecular formula is C34H39N5O4. The van der Waals surface area contributed by atoms with Gasteiger partial charge >= 0.3 is 0 Å². The number of pyridine rings is 1. The lowest BCUT2D eigenvalue weighted by Crippen LogP contribution is -2.51. The second-order valence-corrected chi connectivity index (χ2v) is 11.9. The normalized spacial score (nSPS) is 20.1. The minimum atomic E-state index is -1.11. The second-order valence-electron chi connectivity index (χ2n) is 11.9. The quantitative estimate of drug-likeness (QED) is 0.332. The van der Waals surface area contributed by atoms with E-state index in [2.05, 4.69) is 22.1 Å². The van der Waals surface area contributed by atoms with E-state index in [-0.39, 0.29) is 35.4 Å². The first kappa shape index (κ1) is 28.9. The Labute approximate surface area is 251 Å². The molecule has 43 heavy (non-hydrogen) atoms. The summed E-state index contributed by atoms with van der Waals surface area (Å²) in [6.07, 6.45) is 6.44. The van der Waals surface area contributed by atoms with Crippen LogP contribution in [0.2, 0.25) is 0 Å². The fourth-order valence-electron chi connectivity index (χ4n) is 6.64. The van der Waals surface area contributed by atoms with Crippen molar-refractivity contribution >= 4 is 28.4 Å². The van der Waals surface area contributed by atoms with E-state index >= 15 is 0 Å². The van der Waals surface area contributed by atoms with Crippen LogP contribution in [0.5, 0.6) is 5.75 Å². The number of rotatable bonds is 7. The number of anilines is 2. The van der Waals surface area contributed by atoms with Gasteiger partial charge in [-0.05, 0) is 73.6 Å². The first-order valence-electron chi connectivity index (χ1n) is 15.2. The lowest BCUT2D eigenvalue weighted by molar-refractivity contribution is -0.142. The number of carbonyl (C=O) groups excluding carboxylic acids is 1. The van der Waals surface area contributed by atoms with Gasteiger partial charge < -0.3 is 19.6 Å². The topological polar surface area (TPSA) is 101 Å². The largest absolute Gasteiger partial charge is 0.497 e. The van der Waals surface area contributed by atoms with Crippen LogP contribution < -0.4 is 15.2 Å². The molecule has 0 spiro atoms. The van der Waals surface area contributed by atoms with Crippen LogP contribution in [0.15, 0.2) is 77.9 Å². The molecule has 0 unspecified atom stereocenters. The van der Waals surface area contributed by atoms with Gasteiger partial charge in [-0.1, -0.05) is 43.2 Å². The molecule has 0 bridgehead atoms. The van der Waals surface area contributed by atoms with Gasteiger partial charge in [0.05, 0.1) is 31.1 Å². The zero-order valence-corrected chi connectivity index (χ0v) is 24.9. The molecule has 9 heteroatoms. The summed E-state index contributed by atoms with van der Waals surface area (Å²) < 4.78 is 6.71. The molecule has 1 saturated carbocycles. The number of methoxy groups -OCH3 is 1. The Kier molecular flexibility index (Phi) is 8.17. The number of nitrogens with zero attached hydrogens (tertiary/aromatic N) is 5. The molecular weight excluding hydrogens is 542 g/mol. The summed E-state index contributed by atoms with van der Waals surface area (Å²) in [5, 5.41) is 11.5. The maximum absolute atomic E-state index is 13.7. The van der Waals surface area contributed by atoms with E-state index in [9.17, 15) is 14.7 Å². The summed E-state index contributed by atoms with van der Waals surface area (Å²) in [4.78, 5) is 40.2. The Balaban J connectivity index is 1.15. The maximum Gasteiger partial charge on any atom is 0.280 e. The summed E-state index contributed by atoms with van der Waals surface area (Å²) in [6.45, 7) is 1.05. The Bertz CT molecular complexity index is 1630. The van der Waals surface area contributed by atoms with Gasteiger partial charge in [-0.3, -0.25) is 14.2 Å². The molecule has 1 aliphatic carbocycles. The number of benzene rings is 2. The van der Waals surface area contributed by atoms with Gasteiger partial charge in [0.25, 0.3) is 5.56 Å². The van der Waals surface area contributed by atoms with E-state index in [1.165, 1.54) is 16.5 Å². The van der Waals surface area contributed by atoms with Gasteiger partial charge in [0, 0.05) is 31.7 Å². The molecule has 0 radical (unpaired) electrons. The van der Waals surface area contributed by atoms with Gasteiger partial charge in [-0.2, -0.15) is 0 Å². The number of aromatic nitrogens is 3. The SMILES string of the molecule is COc1ccc(N(C)c2ccc3ncn(CC4(O)CCN(C(=O)[C@H]5CCCC[C@@H]5c5ccccc5)CC4)c(=O)c3n2)cc1. The molecule has 1 saturated heterocycles. The molecule has 224 valence electrons. The molecule has 1 N–H and O–H groups in total. The summed E-state index contributed by atoms with van der Waals surface area (Å²) in [5.41, 5.74) is 1.48. The summed E-state index contributed by atoms with van der Waals surface area (Å²) in [7, 11) is 3.51. The average Bonchev–Trinajstić information content (AvgIpc) is 3.06. The molecule has 2 fully saturated rings. The zero-order chi connectivity index (χ0) is 30.0. The Morgan fingerprint density at radius 2 is 1.74 bits per heavy atom. The number of hydrogen-bond donors (Lipinski definition) is 1. The summed E-state index contributed by atoms with van der Waals surface area (Å²) >= 11 is 0. The van der Waals surface area contributed by atoms with Crippen molar-refractivity contribution in [1.29, 1.82) is 0 Å². The fourth-order valence-corrected chi connectivity index (χ4v) is 6.64.